The average molecular weight is 339 g/mol. The van der Waals surface area contributed by atoms with Crippen molar-refractivity contribution in [1.82, 2.24) is 0 Å². The Bertz CT molecular complexity index is 690. The van der Waals surface area contributed by atoms with Crippen molar-refractivity contribution < 1.29 is 9.53 Å². The zero-order valence-corrected chi connectivity index (χ0v) is 14.9. The fourth-order valence-electron chi connectivity index (χ4n) is 3.10. The van der Waals surface area contributed by atoms with Crippen LogP contribution < -0.4 is 19.9 Å². The van der Waals surface area contributed by atoms with E-state index < -0.39 is 0 Å². The maximum atomic E-state index is 11.1. The summed E-state index contributed by atoms with van der Waals surface area (Å²) >= 11 is 0. The van der Waals surface area contributed by atoms with Crippen LogP contribution >= 0.6 is 0 Å². The van der Waals surface area contributed by atoms with Gasteiger partial charge in [-0.15, -0.1) is 0 Å². The van der Waals surface area contributed by atoms with E-state index in [0.29, 0.717) is 6.61 Å². The zero-order chi connectivity index (χ0) is 17.6. The topological polar surface area (TPSA) is 44.8 Å². The number of hydrogen-bond donors (Lipinski definition) is 1. The second-order valence-corrected chi connectivity index (χ2v) is 6.13. The number of hydrogen-bond acceptors (Lipinski definition) is 4. The van der Waals surface area contributed by atoms with Crippen LogP contribution in [0.25, 0.3) is 0 Å². The van der Waals surface area contributed by atoms with Gasteiger partial charge in [0, 0.05) is 50.2 Å². The van der Waals surface area contributed by atoms with E-state index in [2.05, 4.69) is 39.4 Å². The summed E-state index contributed by atoms with van der Waals surface area (Å²) in [6.07, 6.45) is 0. The highest BCUT2D eigenvalue weighted by Crippen LogP contribution is 2.24. The molecule has 132 valence electrons. The molecule has 1 fully saturated rings. The van der Waals surface area contributed by atoms with Crippen molar-refractivity contribution in [3.8, 4) is 5.75 Å². The molecule has 5 nitrogen and oxygen atoms in total. The van der Waals surface area contributed by atoms with Gasteiger partial charge in [0.2, 0.25) is 5.91 Å². The fourth-order valence-corrected chi connectivity index (χ4v) is 3.10. The molecule has 25 heavy (non-hydrogen) atoms. The van der Waals surface area contributed by atoms with Gasteiger partial charge >= 0.3 is 0 Å². The summed E-state index contributed by atoms with van der Waals surface area (Å²) in [5.41, 5.74) is 3.27. The molecule has 1 aliphatic heterocycles. The van der Waals surface area contributed by atoms with Gasteiger partial charge in [-0.2, -0.15) is 0 Å². The minimum absolute atomic E-state index is 0.0447. The van der Waals surface area contributed by atoms with Gasteiger partial charge < -0.3 is 19.9 Å². The SMILES string of the molecule is CCOc1ccc(N2CCN(c3ccc(NC(C)=O)cc3)CC2)cc1. The van der Waals surface area contributed by atoms with Gasteiger partial charge in [-0.3, -0.25) is 4.79 Å². The van der Waals surface area contributed by atoms with Crippen LogP contribution in [0.4, 0.5) is 17.1 Å². The highest BCUT2D eigenvalue weighted by molar-refractivity contribution is 5.88. The molecule has 1 aliphatic rings. The molecule has 0 radical (unpaired) electrons. The quantitative estimate of drug-likeness (QED) is 0.907. The molecule has 1 heterocycles. The molecular weight excluding hydrogens is 314 g/mol. The Balaban J connectivity index is 1.57. The van der Waals surface area contributed by atoms with Crippen LogP contribution in [-0.2, 0) is 4.79 Å². The largest absolute Gasteiger partial charge is 0.494 e. The Kier molecular flexibility index (Phi) is 5.43. The summed E-state index contributed by atoms with van der Waals surface area (Å²) < 4.78 is 5.50. The van der Waals surface area contributed by atoms with E-state index in [0.717, 1.165) is 37.6 Å². The van der Waals surface area contributed by atoms with Crippen LogP contribution in [0.15, 0.2) is 48.5 Å². The van der Waals surface area contributed by atoms with Crippen molar-refractivity contribution in [3.63, 3.8) is 0 Å². The van der Waals surface area contributed by atoms with E-state index in [4.69, 9.17) is 4.74 Å². The fraction of sp³-hybridized carbons (Fsp3) is 0.350. The number of benzene rings is 2. The molecule has 1 N–H and O–H groups in total. The number of piperazine rings is 1. The molecule has 2 aromatic carbocycles. The molecule has 0 atom stereocenters. The average Bonchev–Trinajstić information content (AvgIpc) is 2.63. The first kappa shape index (κ1) is 17.1. The number of carbonyl (C=O) groups is 1. The van der Waals surface area contributed by atoms with Crippen LogP contribution in [0.1, 0.15) is 13.8 Å². The van der Waals surface area contributed by atoms with E-state index in [1.807, 2.05) is 31.2 Å². The molecule has 0 aromatic heterocycles. The van der Waals surface area contributed by atoms with E-state index in [9.17, 15) is 4.79 Å². The van der Waals surface area contributed by atoms with Crippen LogP contribution in [0.2, 0.25) is 0 Å². The monoisotopic (exact) mass is 339 g/mol. The van der Waals surface area contributed by atoms with Gasteiger partial charge in [0.15, 0.2) is 0 Å². The molecule has 0 bridgehead atoms. The summed E-state index contributed by atoms with van der Waals surface area (Å²) in [5, 5.41) is 2.80. The standard InChI is InChI=1S/C20H25N3O2/c1-3-25-20-10-8-19(9-11-20)23-14-12-22(13-15-23)18-6-4-17(5-7-18)21-16(2)24/h4-11H,3,12-15H2,1-2H3,(H,21,24). The first-order chi connectivity index (χ1) is 12.2. The van der Waals surface area contributed by atoms with E-state index >= 15 is 0 Å². The third-order valence-electron chi connectivity index (χ3n) is 4.35. The normalized spacial score (nSPS) is 14.3. The van der Waals surface area contributed by atoms with E-state index in [1.165, 1.54) is 18.3 Å². The molecular formula is C20H25N3O2. The third-order valence-corrected chi connectivity index (χ3v) is 4.35. The number of carbonyl (C=O) groups excluding carboxylic acids is 1. The molecule has 1 saturated heterocycles. The molecule has 1 amide bonds. The summed E-state index contributed by atoms with van der Waals surface area (Å²) in [7, 11) is 0. The van der Waals surface area contributed by atoms with Gasteiger partial charge in [-0.1, -0.05) is 0 Å². The van der Waals surface area contributed by atoms with Crippen LogP contribution in [0.3, 0.4) is 0 Å². The second kappa shape index (κ2) is 7.92. The molecule has 3 rings (SSSR count). The summed E-state index contributed by atoms with van der Waals surface area (Å²) in [6, 6.07) is 16.4. The molecule has 0 aliphatic carbocycles. The summed E-state index contributed by atoms with van der Waals surface area (Å²) in [5.74, 6) is 0.876. The lowest BCUT2D eigenvalue weighted by molar-refractivity contribution is -0.114. The number of ether oxygens (including phenoxy) is 1. The van der Waals surface area contributed by atoms with Gasteiger partial charge in [-0.05, 0) is 55.5 Å². The molecule has 2 aromatic rings. The minimum Gasteiger partial charge on any atom is -0.494 e. The van der Waals surface area contributed by atoms with E-state index in [1.54, 1.807) is 0 Å². The second-order valence-electron chi connectivity index (χ2n) is 6.13. The molecule has 5 heteroatoms. The van der Waals surface area contributed by atoms with Crippen molar-refractivity contribution in [3.05, 3.63) is 48.5 Å². The van der Waals surface area contributed by atoms with Gasteiger partial charge in [0.25, 0.3) is 0 Å². The predicted molar refractivity (Wildman–Crippen MR) is 103 cm³/mol. The zero-order valence-electron chi connectivity index (χ0n) is 14.9. The Morgan fingerprint density at radius 2 is 1.40 bits per heavy atom. The highest BCUT2D eigenvalue weighted by atomic mass is 16.5. The van der Waals surface area contributed by atoms with Gasteiger partial charge in [0.05, 0.1) is 6.61 Å². The summed E-state index contributed by atoms with van der Waals surface area (Å²) in [6.45, 7) is 8.14. The maximum Gasteiger partial charge on any atom is 0.221 e. The molecule has 0 spiro atoms. The summed E-state index contributed by atoms with van der Waals surface area (Å²) in [4.78, 5) is 15.9. The van der Waals surface area contributed by atoms with E-state index in [-0.39, 0.29) is 5.91 Å². The minimum atomic E-state index is -0.0447. The Morgan fingerprint density at radius 1 is 0.920 bits per heavy atom. The lowest BCUT2D eigenvalue weighted by atomic mass is 10.2. The molecule has 0 unspecified atom stereocenters. The van der Waals surface area contributed by atoms with Crippen molar-refractivity contribution in [2.24, 2.45) is 0 Å². The van der Waals surface area contributed by atoms with Crippen molar-refractivity contribution in [1.29, 1.82) is 0 Å². The van der Waals surface area contributed by atoms with Crippen molar-refractivity contribution in [2.75, 3.05) is 47.9 Å². The van der Waals surface area contributed by atoms with Crippen molar-refractivity contribution in [2.45, 2.75) is 13.8 Å². The van der Waals surface area contributed by atoms with Crippen LogP contribution in [0, 0.1) is 0 Å². The van der Waals surface area contributed by atoms with Crippen LogP contribution in [0.5, 0.6) is 5.75 Å². The first-order valence-corrected chi connectivity index (χ1v) is 8.76. The van der Waals surface area contributed by atoms with Gasteiger partial charge in [-0.25, -0.2) is 0 Å². The lowest BCUT2D eigenvalue weighted by Crippen LogP contribution is -2.46. The number of nitrogens with one attached hydrogen (secondary N) is 1. The smallest absolute Gasteiger partial charge is 0.221 e. The van der Waals surface area contributed by atoms with Crippen molar-refractivity contribution >= 4 is 23.0 Å². The lowest BCUT2D eigenvalue weighted by Gasteiger charge is -2.37. The highest BCUT2D eigenvalue weighted by Gasteiger charge is 2.17. The van der Waals surface area contributed by atoms with Crippen LogP contribution in [-0.4, -0.2) is 38.7 Å². The number of amides is 1. The number of anilines is 3. The first-order valence-electron chi connectivity index (χ1n) is 8.76. The Labute approximate surface area is 149 Å². The number of nitrogens with zero attached hydrogens (tertiary/aromatic N) is 2. The third kappa shape index (κ3) is 4.44. The number of rotatable bonds is 5. The molecule has 0 saturated carbocycles. The maximum absolute atomic E-state index is 11.1. The van der Waals surface area contributed by atoms with Gasteiger partial charge in [0.1, 0.15) is 5.75 Å². The Hall–Kier alpha value is -2.69. The Morgan fingerprint density at radius 3 is 1.84 bits per heavy atom. The predicted octanol–water partition coefficient (Wildman–Crippen LogP) is 3.37.